The number of rotatable bonds is 9. The quantitative estimate of drug-likeness (QED) is 0.367. The van der Waals surface area contributed by atoms with Crippen LogP contribution in [0.4, 0.5) is 0 Å². The van der Waals surface area contributed by atoms with Crippen LogP contribution in [-0.4, -0.2) is 45.5 Å². The average Bonchev–Trinajstić information content (AvgIpc) is 2.58. The maximum atomic E-state index is 11.4. The van der Waals surface area contributed by atoms with Crippen molar-refractivity contribution in [1.82, 2.24) is 10.6 Å². The molecular weight excluding hydrogens is 340 g/mol. The van der Waals surface area contributed by atoms with Gasteiger partial charge in [-0.3, -0.25) is 20.2 Å². The predicted octanol–water partition coefficient (Wildman–Crippen LogP) is 1.23. The number of carbonyl (C=O) groups is 2. The van der Waals surface area contributed by atoms with Gasteiger partial charge in [-0.05, 0) is 35.4 Å². The molecule has 0 fully saturated rings. The normalized spacial score (nSPS) is 13.1. The van der Waals surface area contributed by atoms with E-state index in [1.165, 1.54) is 36.4 Å². The number of nitrogens with one attached hydrogen (secondary N) is 2. The molecule has 2 unspecified atom stereocenters. The highest BCUT2D eigenvalue weighted by Gasteiger charge is 2.21. The molecule has 8 nitrogen and oxygen atoms in total. The van der Waals surface area contributed by atoms with E-state index in [0.717, 1.165) is 0 Å². The number of carboxylic acids is 2. The smallest absolute Gasteiger partial charge is 0.325 e. The summed E-state index contributed by atoms with van der Waals surface area (Å²) in [6.07, 6.45) is 0. The van der Waals surface area contributed by atoms with Crippen molar-refractivity contribution in [2.45, 2.75) is 12.1 Å². The van der Waals surface area contributed by atoms with Crippen LogP contribution in [0.5, 0.6) is 11.5 Å². The zero-order valence-corrected chi connectivity index (χ0v) is 13.8. The van der Waals surface area contributed by atoms with Gasteiger partial charge in [-0.2, -0.15) is 0 Å². The molecule has 0 saturated heterocycles. The lowest BCUT2D eigenvalue weighted by molar-refractivity contribution is -0.141. The van der Waals surface area contributed by atoms with Crippen molar-refractivity contribution in [2.24, 2.45) is 0 Å². The van der Waals surface area contributed by atoms with Crippen molar-refractivity contribution in [1.29, 1.82) is 0 Å². The molecule has 0 aromatic heterocycles. The second kappa shape index (κ2) is 8.84. The molecule has 0 bridgehead atoms. The zero-order valence-electron chi connectivity index (χ0n) is 13.8. The molecule has 2 aromatic carbocycles. The van der Waals surface area contributed by atoms with Gasteiger partial charge in [0, 0.05) is 13.1 Å². The van der Waals surface area contributed by atoms with E-state index in [1.54, 1.807) is 12.1 Å². The van der Waals surface area contributed by atoms with Crippen molar-refractivity contribution in [3.63, 3.8) is 0 Å². The first-order chi connectivity index (χ1) is 12.4. The van der Waals surface area contributed by atoms with E-state index < -0.39 is 24.0 Å². The van der Waals surface area contributed by atoms with Crippen molar-refractivity contribution < 1.29 is 30.0 Å². The highest BCUT2D eigenvalue weighted by molar-refractivity contribution is 5.76. The van der Waals surface area contributed by atoms with Gasteiger partial charge >= 0.3 is 11.9 Å². The van der Waals surface area contributed by atoms with Crippen LogP contribution in [0, 0.1) is 0 Å². The van der Waals surface area contributed by atoms with Gasteiger partial charge in [0.1, 0.15) is 23.6 Å². The number of aliphatic carboxylic acids is 2. The molecule has 6 N–H and O–H groups in total. The molecule has 0 aliphatic heterocycles. The topological polar surface area (TPSA) is 139 Å². The molecule has 2 aromatic rings. The van der Waals surface area contributed by atoms with E-state index >= 15 is 0 Å². The Morgan fingerprint density at radius 3 is 1.81 bits per heavy atom. The molecule has 2 atom stereocenters. The van der Waals surface area contributed by atoms with Crippen LogP contribution in [0.2, 0.25) is 0 Å². The van der Waals surface area contributed by atoms with Crippen LogP contribution < -0.4 is 10.6 Å². The van der Waals surface area contributed by atoms with Gasteiger partial charge in [-0.25, -0.2) is 0 Å². The number of phenols is 2. The first kappa shape index (κ1) is 19.2. The molecule has 2 rings (SSSR count). The number of benzene rings is 2. The first-order valence-electron chi connectivity index (χ1n) is 7.88. The summed E-state index contributed by atoms with van der Waals surface area (Å²) in [5.74, 6) is -2.19. The number of hydrogen-bond donors (Lipinski definition) is 6. The fourth-order valence-corrected chi connectivity index (χ4v) is 2.50. The summed E-state index contributed by atoms with van der Waals surface area (Å²) in [6.45, 7) is 0.384. The molecule has 0 spiro atoms. The Morgan fingerprint density at radius 1 is 0.769 bits per heavy atom. The molecule has 0 amide bonds. The van der Waals surface area contributed by atoms with Crippen molar-refractivity contribution in [2.75, 3.05) is 13.1 Å². The van der Waals surface area contributed by atoms with Crippen molar-refractivity contribution >= 4 is 11.9 Å². The van der Waals surface area contributed by atoms with Crippen LogP contribution in [0.15, 0.2) is 48.5 Å². The average molecular weight is 360 g/mol. The zero-order chi connectivity index (χ0) is 19.1. The van der Waals surface area contributed by atoms with Crippen LogP contribution >= 0.6 is 0 Å². The Kier molecular flexibility index (Phi) is 6.54. The third-order valence-corrected chi connectivity index (χ3v) is 3.75. The van der Waals surface area contributed by atoms with Gasteiger partial charge in [-0.15, -0.1) is 0 Å². The molecule has 0 heterocycles. The van der Waals surface area contributed by atoms with Gasteiger partial charge in [0.05, 0.1) is 0 Å². The lowest BCUT2D eigenvalue weighted by Gasteiger charge is -2.18. The maximum absolute atomic E-state index is 11.4. The summed E-state index contributed by atoms with van der Waals surface area (Å²) in [6, 6.07) is 9.71. The molecule has 8 heteroatoms. The largest absolute Gasteiger partial charge is 0.508 e. The minimum atomic E-state index is -1.11. The van der Waals surface area contributed by atoms with Gasteiger partial charge in [0.2, 0.25) is 0 Å². The summed E-state index contributed by atoms with van der Waals surface area (Å²) >= 11 is 0. The SMILES string of the molecule is O=C(O)C(NCCNC(C(=O)O)c1cccc(O)c1)c1ccc(O)cc1. The summed E-state index contributed by atoms with van der Waals surface area (Å²) in [5.41, 5.74) is 0.865. The molecule has 0 saturated carbocycles. The summed E-state index contributed by atoms with van der Waals surface area (Å²) in [4.78, 5) is 22.8. The van der Waals surface area contributed by atoms with Crippen molar-refractivity contribution in [3.8, 4) is 11.5 Å². The van der Waals surface area contributed by atoms with Gasteiger partial charge in [0.25, 0.3) is 0 Å². The van der Waals surface area contributed by atoms with Gasteiger partial charge in [0.15, 0.2) is 0 Å². The first-order valence-corrected chi connectivity index (χ1v) is 7.88. The Bertz CT molecular complexity index is 763. The Hall–Kier alpha value is -3.10. The fourth-order valence-electron chi connectivity index (χ4n) is 2.50. The Morgan fingerprint density at radius 2 is 1.31 bits per heavy atom. The van der Waals surface area contributed by atoms with Crippen LogP contribution in [0.1, 0.15) is 23.2 Å². The second-order valence-corrected chi connectivity index (χ2v) is 5.64. The van der Waals surface area contributed by atoms with Crippen molar-refractivity contribution in [3.05, 3.63) is 59.7 Å². The maximum Gasteiger partial charge on any atom is 0.325 e. The number of aromatic hydroxyl groups is 2. The summed E-state index contributed by atoms with van der Waals surface area (Å²) in [5, 5.41) is 43.1. The minimum Gasteiger partial charge on any atom is -0.508 e. The Balaban J connectivity index is 1.95. The molecular formula is C18H20N2O6. The van der Waals surface area contributed by atoms with Crippen LogP contribution in [0.3, 0.4) is 0 Å². The van der Waals surface area contributed by atoms with Gasteiger partial charge < -0.3 is 20.4 Å². The predicted molar refractivity (Wildman–Crippen MR) is 93.0 cm³/mol. The lowest BCUT2D eigenvalue weighted by Crippen LogP contribution is -2.37. The van der Waals surface area contributed by atoms with E-state index in [1.807, 2.05) is 0 Å². The molecule has 0 radical (unpaired) electrons. The number of hydrogen-bond acceptors (Lipinski definition) is 6. The van der Waals surface area contributed by atoms with Crippen LogP contribution in [-0.2, 0) is 9.59 Å². The van der Waals surface area contributed by atoms with E-state index in [9.17, 15) is 30.0 Å². The monoisotopic (exact) mass is 360 g/mol. The molecule has 138 valence electrons. The number of phenolic OH excluding ortho intramolecular Hbond substituents is 2. The lowest BCUT2D eigenvalue weighted by atomic mass is 10.1. The van der Waals surface area contributed by atoms with E-state index in [-0.39, 0.29) is 24.6 Å². The van der Waals surface area contributed by atoms with E-state index in [0.29, 0.717) is 11.1 Å². The van der Waals surface area contributed by atoms with E-state index in [4.69, 9.17) is 0 Å². The minimum absolute atomic E-state index is 0.0352. The standard InChI is InChI=1S/C18H20N2O6/c21-13-6-4-11(5-7-13)15(17(23)24)19-8-9-20-16(18(25)26)12-2-1-3-14(22)10-12/h1-7,10,15-16,19-22H,8-9H2,(H,23,24)(H,25,26). The highest BCUT2D eigenvalue weighted by atomic mass is 16.4. The number of carboxylic acid groups (broad SMARTS) is 2. The highest BCUT2D eigenvalue weighted by Crippen LogP contribution is 2.19. The van der Waals surface area contributed by atoms with E-state index in [2.05, 4.69) is 10.6 Å². The molecule has 26 heavy (non-hydrogen) atoms. The third kappa shape index (κ3) is 5.20. The molecule has 0 aliphatic rings. The Labute approximate surface area is 149 Å². The van der Waals surface area contributed by atoms with Crippen LogP contribution in [0.25, 0.3) is 0 Å². The summed E-state index contributed by atoms with van der Waals surface area (Å²) < 4.78 is 0. The third-order valence-electron chi connectivity index (χ3n) is 3.75. The fraction of sp³-hybridized carbons (Fsp3) is 0.222. The summed E-state index contributed by atoms with van der Waals surface area (Å²) in [7, 11) is 0. The van der Waals surface area contributed by atoms with Gasteiger partial charge in [-0.1, -0.05) is 24.3 Å². The second-order valence-electron chi connectivity index (χ2n) is 5.64. The molecule has 0 aliphatic carbocycles.